The van der Waals surface area contributed by atoms with Gasteiger partial charge in [-0.1, -0.05) is 6.08 Å². The van der Waals surface area contributed by atoms with Crippen LogP contribution in [0.15, 0.2) is 30.9 Å². The average Bonchev–Trinajstić information content (AvgIpc) is 2.14. The summed E-state index contributed by atoms with van der Waals surface area (Å²) in [5.74, 6) is -0.891. The maximum absolute atomic E-state index is 10.7. The Labute approximate surface area is 83.1 Å². The van der Waals surface area contributed by atoms with Crippen molar-refractivity contribution in [3.05, 3.63) is 42.0 Å². The molecule has 3 nitrogen and oxygen atoms in total. The molecule has 1 aromatic rings. The van der Waals surface area contributed by atoms with E-state index in [9.17, 15) is 4.79 Å². The van der Waals surface area contributed by atoms with E-state index in [0.717, 1.165) is 11.3 Å². The van der Waals surface area contributed by atoms with Gasteiger partial charge in [0.25, 0.3) is 0 Å². The van der Waals surface area contributed by atoms with E-state index in [1.165, 1.54) is 0 Å². The molecule has 1 aromatic carbocycles. The molecule has 0 bridgehead atoms. The van der Waals surface area contributed by atoms with Crippen LogP contribution in [-0.4, -0.2) is 17.6 Å². The van der Waals surface area contributed by atoms with Crippen molar-refractivity contribution in [1.29, 1.82) is 0 Å². The molecule has 0 heterocycles. The van der Waals surface area contributed by atoms with Crippen LogP contribution in [0.2, 0.25) is 0 Å². The minimum atomic E-state index is -0.891. The maximum Gasteiger partial charge on any atom is 0.335 e. The molecule has 0 aliphatic heterocycles. The lowest BCUT2D eigenvalue weighted by Gasteiger charge is -2.06. The first-order valence-corrected chi connectivity index (χ1v) is 4.34. The Balaban J connectivity index is 2.88. The van der Waals surface area contributed by atoms with Crippen molar-refractivity contribution in [3.8, 4) is 0 Å². The summed E-state index contributed by atoms with van der Waals surface area (Å²) in [5.41, 5.74) is 2.01. The van der Waals surface area contributed by atoms with E-state index in [0.29, 0.717) is 12.1 Å². The lowest BCUT2D eigenvalue weighted by atomic mass is 10.1. The minimum absolute atomic E-state index is 0.342. The van der Waals surface area contributed by atoms with Crippen LogP contribution in [0.5, 0.6) is 0 Å². The number of anilines is 1. The molecule has 0 unspecified atom stereocenters. The molecule has 0 atom stereocenters. The van der Waals surface area contributed by atoms with Crippen molar-refractivity contribution < 1.29 is 9.90 Å². The summed E-state index contributed by atoms with van der Waals surface area (Å²) in [6.07, 6.45) is 1.75. The maximum atomic E-state index is 10.7. The zero-order valence-corrected chi connectivity index (χ0v) is 8.08. The summed E-state index contributed by atoms with van der Waals surface area (Å²) in [6.45, 7) is 6.04. The molecular formula is C11H13NO2. The highest BCUT2D eigenvalue weighted by molar-refractivity contribution is 5.89. The van der Waals surface area contributed by atoms with Crippen LogP contribution in [0.1, 0.15) is 15.9 Å². The Bertz CT molecular complexity index is 358. The van der Waals surface area contributed by atoms with Gasteiger partial charge in [0.1, 0.15) is 0 Å². The van der Waals surface area contributed by atoms with E-state index in [1.54, 1.807) is 25.1 Å². The number of aryl methyl sites for hydroxylation is 1. The standard InChI is InChI=1S/C11H13NO2/c1-3-6-12-9-4-5-10(11(13)14)8(2)7-9/h3-5,7,12H,1,6H2,2H3,(H,13,14). The van der Waals surface area contributed by atoms with Gasteiger partial charge in [0.05, 0.1) is 5.56 Å². The molecule has 0 radical (unpaired) electrons. The van der Waals surface area contributed by atoms with Crippen LogP contribution in [0.3, 0.4) is 0 Å². The van der Waals surface area contributed by atoms with Crippen molar-refractivity contribution in [2.24, 2.45) is 0 Å². The number of hydrogen-bond donors (Lipinski definition) is 2. The van der Waals surface area contributed by atoms with Crippen molar-refractivity contribution in [3.63, 3.8) is 0 Å². The Morgan fingerprint density at radius 3 is 2.86 bits per heavy atom. The highest BCUT2D eigenvalue weighted by atomic mass is 16.4. The lowest BCUT2D eigenvalue weighted by Crippen LogP contribution is -2.02. The fourth-order valence-electron chi connectivity index (χ4n) is 1.20. The first-order chi connectivity index (χ1) is 6.65. The molecule has 74 valence electrons. The molecule has 0 spiro atoms. The summed E-state index contributed by atoms with van der Waals surface area (Å²) in [4.78, 5) is 10.7. The van der Waals surface area contributed by atoms with E-state index in [1.807, 2.05) is 6.07 Å². The topological polar surface area (TPSA) is 49.3 Å². The van der Waals surface area contributed by atoms with E-state index in [-0.39, 0.29) is 0 Å². The largest absolute Gasteiger partial charge is 0.478 e. The molecule has 14 heavy (non-hydrogen) atoms. The van der Waals surface area contributed by atoms with Gasteiger partial charge >= 0.3 is 5.97 Å². The first-order valence-electron chi connectivity index (χ1n) is 4.34. The van der Waals surface area contributed by atoms with Gasteiger partial charge in [0, 0.05) is 12.2 Å². The molecule has 0 saturated heterocycles. The Hall–Kier alpha value is -1.77. The second-order valence-corrected chi connectivity index (χ2v) is 3.00. The normalized spacial score (nSPS) is 9.50. The van der Waals surface area contributed by atoms with Gasteiger partial charge in [0.2, 0.25) is 0 Å². The molecule has 3 heteroatoms. The number of rotatable bonds is 4. The summed E-state index contributed by atoms with van der Waals surface area (Å²) < 4.78 is 0. The van der Waals surface area contributed by atoms with E-state index in [4.69, 9.17) is 5.11 Å². The van der Waals surface area contributed by atoms with Crippen LogP contribution in [0, 0.1) is 6.92 Å². The van der Waals surface area contributed by atoms with Gasteiger partial charge in [-0.15, -0.1) is 6.58 Å². The Kier molecular flexibility index (Phi) is 3.29. The van der Waals surface area contributed by atoms with E-state index in [2.05, 4.69) is 11.9 Å². The van der Waals surface area contributed by atoms with Crippen LogP contribution < -0.4 is 5.32 Å². The van der Waals surface area contributed by atoms with Gasteiger partial charge in [-0.25, -0.2) is 4.79 Å². The number of nitrogens with one attached hydrogen (secondary N) is 1. The molecule has 0 amide bonds. The van der Waals surface area contributed by atoms with Crippen LogP contribution in [-0.2, 0) is 0 Å². The molecule has 1 rings (SSSR count). The zero-order valence-electron chi connectivity index (χ0n) is 8.08. The second-order valence-electron chi connectivity index (χ2n) is 3.00. The molecule has 0 saturated carbocycles. The number of benzene rings is 1. The van der Waals surface area contributed by atoms with Crippen molar-refractivity contribution in [2.45, 2.75) is 6.92 Å². The highest BCUT2D eigenvalue weighted by Crippen LogP contribution is 2.14. The third-order valence-electron chi connectivity index (χ3n) is 1.91. The first kappa shape index (κ1) is 10.3. The fraction of sp³-hybridized carbons (Fsp3) is 0.182. The predicted octanol–water partition coefficient (Wildman–Crippen LogP) is 2.29. The average molecular weight is 191 g/mol. The van der Waals surface area contributed by atoms with Gasteiger partial charge in [-0.2, -0.15) is 0 Å². The second kappa shape index (κ2) is 4.46. The number of carboxylic acid groups (broad SMARTS) is 1. The molecule has 2 N–H and O–H groups in total. The Morgan fingerprint density at radius 1 is 1.64 bits per heavy atom. The van der Waals surface area contributed by atoms with E-state index >= 15 is 0 Å². The van der Waals surface area contributed by atoms with Crippen molar-refractivity contribution >= 4 is 11.7 Å². The van der Waals surface area contributed by atoms with Crippen LogP contribution in [0.25, 0.3) is 0 Å². The van der Waals surface area contributed by atoms with Gasteiger partial charge < -0.3 is 10.4 Å². The van der Waals surface area contributed by atoms with Gasteiger partial charge in [-0.3, -0.25) is 0 Å². The van der Waals surface area contributed by atoms with Gasteiger partial charge in [-0.05, 0) is 30.7 Å². The molecule has 0 aliphatic rings. The number of carboxylic acids is 1. The summed E-state index contributed by atoms with van der Waals surface area (Å²) in [6, 6.07) is 5.16. The van der Waals surface area contributed by atoms with E-state index < -0.39 is 5.97 Å². The Morgan fingerprint density at radius 2 is 2.36 bits per heavy atom. The quantitative estimate of drug-likeness (QED) is 0.718. The van der Waals surface area contributed by atoms with Crippen LogP contribution in [0.4, 0.5) is 5.69 Å². The lowest BCUT2D eigenvalue weighted by molar-refractivity contribution is 0.0696. The monoisotopic (exact) mass is 191 g/mol. The smallest absolute Gasteiger partial charge is 0.335 e. The molecule has 0 aliphatic carbocycles. The van der Waals surface area contributed by atoms with Gasteiger partial charge in [0.15, 0.2) is 0 Å². The number of carbonyl (C=O) groups is 1. The molecule has 0 fully saturated rings. The summed E-state index contributed by atoms with van der Waals surface area (Å²) in [7, 11) is 0. The summed E-state index contributed by atoms with van der Waals surface area (Å²) >= 11 is 0. The zero-order chi connectivity index (χ0) is 10.6. The fourth-order valence-corrected chi connectivity index (χ4v) is 1.20. The SMILES string of the molecule is C=CCNc1ccc(C(=O)O)c(C)c1. The number of aromatic carboxylic acids is 1. The highest BCUT2D eigenvalue weighted by Gasteiger charge is 2.06. The van der Waals surface area contributed by atoms with Crippen molar-refractivity contribution in [1.82, 2.24) is 0 Å². The predicted molar refractivity (Wildman–Crippen MR) is 56.8 cm³/mol. The molecular weight excluding hydrogens is 178 g/mol. The number of hydrogen-bond acceptors (Lipinski definition) is 2. The third kappa shape index (κ3) is 2.36. The third-order valence-corrected chi connectivity index (χ3v) is 1.91. The minimum Gasteiger partial charge on any atom is -0.478 e. The van der Waals surface area contributed by atoms with Crippen LogP contribution >= 0.6 is 0 Å². The molecule has 0 aromatic heterocycles. The summed E-state index contributed by atoms with van der Waals surface area (Å²) in [5, 5.41) is 11.9. The van der Waals surface area contributed by atoms with Crippen molar-refractivity contribution in [2.75, 3.05) is 11.9 Å².